The third-order valence-corrected chi connectivity index (χ3v) is 6.11. The largest absolute Gasteiger partial charge is 0.416 e. The van der Waals surface area contributed by atoms with Crippen molar-refractivity contribution in [3.8, 4) is 0 Å². The van der Waals surface area contributed by atoms with Crippen LogP contribution < -0.4 is 0 Å². The van der Waals surface area contributed by atoms with Crippen LogP contribution in [0.2, 0.25) is 0 Å². The van der Waals surface area contributed by atoms with Crippen LogP contribution in [0, 0.1) is 0 Å². The van der Waals surface area contributed by atoms with E-state index in [1.807, 2.05) is 6.07 Å². The molecule has 0 saturated heterocycles. The van der Waals surface area contributed by atoms with Gasteiger partial charge in [-0.3, -0.25) is 9.59 Å². The Kier molecular flexibility index (Phi) is 5.23. The van der Waals surface area contributed by atoms with E-state index in [-0.39, 0.29) is 17.3 Å². The second kappa shape index (κ2) is 8.10. The number of carbonyl (C=O) groups is 2. The van der Waals surface area contributed by atoms with Gasteiger partial charge in [0, 0.05) is 36.3 Å². The van der Waals surface area contributed by atoms with Gasteiger partial charge in [-0.25, -0.2) is 9.97 Å². The van der Waals surface area contributed by atoms with Gasteiger partial charge in [-0.2, -0.15) is 13.2 Å². The normalized spacial score (nSPS) is 15.8. The standard InChI is InChI=1S/C25H20F3N3O2/c26-25(27,28)18-8-6-15(7-9-18)22(32)20-3-1-2-17-14-31(13-11-19(17)20)24(33)21-10-12-29-23(30-21)16-4-5-16/h1-3,6-10,12,16H,4-5,11,13-14H2. The third-order valence-electron chi connectivity index (χ3n) is 6.11. The molecule has 1 amide bonds. The van der Waals surface area contributed by atoms with Crippen LogP contribution in [-0.4, -0.2) is 33.1 Å². The quantitative estimate of drug-likeness (QED) is 0.535. The lowest BCUT2D eigenvalue weighted by atomic mass is 9.90. The molecule has 5 nitrogen and oxygen atoms in total. The van der Waals surface area contributed by atoms with E-state index >= 15 is 0 Å². The summed E-state index contributed by atoms with van der Waals surface area (Å²) in [5.41, 5.74) is 1.91. The molecule has 33 heavy (non-hydrogen) atoms. The molecule has 2 aliphatic rings. The summed E-state index contributed by atoms with van der Waals surface area (Å²) < 4.78 is 38.5. The number of carbonyl (C=O) groups excluding carboxylic acids is 2. The Labute approximate surface area is 188 Å². The van der Waals surface area contributed by atoms with E-state index in [0.29, 0.717) is 42.5 Å². The zero-order valence-electron chi connectivity index (χ0n) is 17.6. The maximum absolute atomic E-state index is 13.0. The number of ketones is 1. The molecule has 0 N–H and O–H groups in total. The number of aromatic nitrogens is 2. The van der Waals surface area contributed by atoms with Gasteiger partial charge in [0.05, 0.1) is 5.56 Å². The summed E-state index contributed by atoms with van der Waals surface area (Å²) in [7, 11) is 0. The lowest BCUT2D eigenvalue weighted by molar-refractivity contribution is -0.137. The zero-order chi connectivity index (χ0) is 23.2. The summed E-state index contributed by atoms with van der Waals surface area (Å²) in [5.74, 6) is 0.552. The topological polar surface area (TPSA) is 63.2 Å². The highest BCUT2D eigenvalue weighted by Crippen LogP contribution is 2.38. The van der Waals surface area contributed by atoms with Crippen LogP contribution in [0.15, 0.2) is 54.7 Å². The second-order valence-corrected chi connectivity index (χ2v) is 8.40. The fourth-order valence-electron chi connectivity index (χ4n) is 4.15. The van der Waals surface area contributed by atoms with Gasteiger partial charge in [-0.05, 0) is 48.6 Å². The van der Waals surface area contributed by atoms with Crippen molar-refractivity contribution in [2.24, 2.45) is 0 Å². The van der Waals surface area contributed by atoms with Gasteiger partial charge in [0.25, 0.3) is 5.91 Å². The molecule has 5 rings (SSSR count). The lowest BCUT2D eigenvalue weighted by Gasteiger charge is -2.30. The molecular weight excluding hydrogens is 431 g/mol. The van der Waals surface area contributed by atoms with Crippen LogP contribution >= 0.6 is 0 Å². The minimum Gasteiger partial charge on any atom is -0.333 e. The van der Waals surface area contributed by atoms with Gasteiger partial charge in [0.2, 0.25) is 0 Å². The summed E-state index contributed by atoms with van der Waals surface area (Å²) in [5, 5.41) is 0. The molecule has 0 spiro atoms. The van der Waals surface area contributed by atoms with Crippen LogP contribution in [0.5, 0.6) is 0 Å². The minimum atomic E-state index is -4.45. The minimum absolute atomic E-state index is 0.176. The Hall–Kier alpha value is -3.55. The van der Waals surface area contributed by atoms with Crippen molar-refractivity contribution in [1.29, 1.82) is 0 Å². The van der Waals surface area contributed by atoms with Crippen LogP contribution in [-0.2, 0) is 19.1 Å². The molecular formula is C25H20F3N3O2. The lowest BCUT2D eigenvalue weighted by Crippen LogP contribution is -2.37. The smallest absolute Gasteiger partial charge is 0.333 e. The Morgan fingerprint density at radius 1 is 1.00 bits per heavy atom. The van der Waals surface area contributed by atoms with Crippen LogP contribution in [0.25, 0.3) is 0 Å². The van der Waals surface area contributed by atoms with Gasteiger partial charge >= 0.3 is 6.18 Å². The molecule has 1 aliphatic carbocycles. The van der Waals surface area contributed by atoms with Crippen molar-refractivity contribution in [3.05, 3.63) is 94.1 Å². The Morgan fingerprint density at radius 2 is 1.76 bits per heavy atom. The predicted molar refractivity (Wildman–Crippen MR) is 114 cm³/mol. The van der Waals surface area contributed by atoms with Crippen LogP contribution in [0.3, 0.4) is 0 Å². The summed E-state index contributed by atoms with van der Waals surface area (Å²) in [6.07, 6.45) is -0.266. The van der Waals surface area contributed by atoms with Gasteiger partial charge < -0.3 is 4.90 Å². The van der Waals surface area contributed by atoms with Gasteiger partial charge in [-0.1, -0.05) is 30.3 Å². The van der Waals surface area contributed by atoms with Crippen LogP contribution in [0.1, 0.15) is 67.7 Å². The highest BCUT2D eigenvalue weighted by molar-refractivity contribution is 6.10. The molecule has 2 heterocycles. The maximum atomic E-state index is 13.0. The Balaban J connectivity index is 1.36. The third kappa shape index (κ3) is 4.25. The molecule has 1 fully saturated rings. The molecule has 0 radical (unpaired) electrons. The van der Waals surface area contributed by atoms with Gasteiger partial charge in [-0.15, -0.1) is 0 Å². The molecule has 168 valence electrons. The highest BCUT2D eigenvalue weighted by atomic mass is 19.4. The average Bonchev–Trinajstić information content (AvgIpc) is 3.68. The summed E-state index contributed by atoms with van der Waals surface area (Å²) in [4.78, 5) is 36.5. The number of fused-ring (bicyclic) bond motifs is 1. The first kappa shape index (κ1) is 21.3. The van der Waals surface area contributed by atoms with E-state index in [4.69, 9.17) is 0 Å². The van der Waals surface area contributed by atoms with Crippen LogP contribution in [0.4, 0.5) is 13.2 Å². The van der Waals surface area contributed by atoms with Crippen molar-refractivity contribution >= 4 is 11.7 Å². The Morgan fingerprint density at radius 3 is 2.45 bits per heavy atom. The second-order valence-electron chi connectivity index (χ2n) is 8.40. The van der Waals surface area contributed by atoms with Crippen molar-refractivity contribution in [2.75, 3.05) is 6.54 Å². The van der Waals surface area contributed by atoms with Crippen molar-refractivity contribution in [2.45, 2.75) is 37.9 Å². The first-order chi connectivity index (χ1) is 15.8. The summed E-state index contributed by atoms with van der Waals surface area (Å²) in [6.45, 7) is 0.761. The number of amides is 1. The monoisotopic (exact) mass is 451 g/mol. The molecule has 1 aliphatic heterocycles. The first-order valence-corrected chi connectivity index (χ1v) is 10.8. The molecule has 1 aromatic heterocycles. The molecule has 1 saturated carbocycles. The number of hydrogen-bond acceptors (Lipinski definition) is 4. The Bertz CT molecular complexity index is 1230. The van der Waals surface area contributed by atoms with Crippen molar-refractivity contribution in [1.82, 2.24) is 14.9 Å². The average molecular weight is 451 g/mol. The number of hydrogen-bond donors (Lipinski definition) is 0. The maximum Gasteiger partial charge on any atom is 0.416 e. The van der Waals surface area contributed by atoms with E-state index in [0.717, 1.165) is 36.1 Å². The molecule has 3 aromatic rings. The van der Waals surface area contributed by atoms with Crippen molar-refractivity contribution < 1.29 is 22.8 Å². The van der Waals surface area contributed by atoms with E-state index in [1.165, 1.54) is 12.1 Å². The molecule has 8 heteroatoms. The fourth-order valence-corrected chi connectivity index (χ4v) is 4.15. The summed E-state index contributed by atoms with van der Waals surface area (Å²) >= 11 is 0. The zero-order valence-corrected chi connectivity index (χ0v) is 17.6. The predicted octanol–water partition coefficient (Wildman–Crippen LogP) is 4.80. The number of rotatable bonds is 4. The number of alkyl halides is 3. The van der Waals surface area contributed by atoms with Gasteiger partial charge in [0.15, 0.2) is 5.78 Å². The SMILES string of the molecule is O=C(c1ccc(C(F)(F)F)cc1)c1cccc2c1CCN(C(=O)c1ccnc(C3CC3)n1)C2. The van der Waals surface area contributed by atoms with Crippen molar-refractivity contribution in [3.63, 3.8) is 0 Å². The molecule has 0 atom stereocenters. The van der Waals surface area contributed by atoms with E-state index in [1.54, 1.807) is 29.3 Å². The van der Waals surface area contributed by atoms with E-state index < -0.39 is 11.7 Å². The number of halogens is 3. The van der Waals surface area contributed by atoms with Gasteiger partial charge in [0.1, 0.15) is 11.5 Å². The van der Waals surface area contributed by atoms with E-state index in [9.17, 15) is 22.8 Å². The first-order valence-electron chi connectivity index (χ1n) is 10.8. The number of nitrogens with zero attached hydrogens (tertiary/aromatic N) is 3. The number of benzene rings is 2. The molecule has 0 unspecified atom stereocenters. The fraction of sp³-hybridized carbons (Fsp3) is 0.280. The molecule has 2 aromatic carbocycles. The molecule has 0 bridgehead atoms. The summed E-state index contributed by atoms with van der Waals surface area (Å²) in [6, 6.07) is 11.2. The highest BCUT2D eigenvalue weighted by Gasteiger charge is 2.31. The van der Waals surface area contributed by atoms with E-state index in [2.05, 4.69) is 9.97 Å².